The summed E-state index contributed by atoms with van der Waals surface area (Å²) in [6, 6.07) is 20.8. The lowest BCUT2D eigenvalue weighted by Gasteiger charge is -2.27. The third-order valence-electron chi connectivity index (χ3n) is 6.59. The number of carbonyl (C=O) groups is 1. The van der Waals surface area contributed by atoms with Gasteiger partial charge >= 0.3 is 6.36 Å². The SMILES string of the molecule is N#CCNc1ccc(Cl)cc1C(=O)N(CCc1cccc(OC(F)(F)F)c1)Cc1ccc(C2CCC2)cc1. The third kappa shape index (κ3) is 7.42. The molecule has 0 saturated heterocycles. The van der Waals surface area contributed by atoms with Crippen molar-refractivity contribution in [3.63, 3.8) is 0 Å². The lowest BCUT2D eigenvalue weighted by atomic mass is 9.80. The Morgan fingerprint density at radius 1 is 1.08 bits per heavy atom. The molecule has 0 unspecified atom stereocenters. The predicted octanol–water partition coefficient (Wildman–Crippen LogP) is 7.33. The van der Waals surface area contributed by atoms with Gasteiger partial charge in [-0.05, 0) is 72.2 Å². The summed E-state index contributed by atoms with van der Waals surface area (Å²) >= 11 is 6.20. The number of amides is 1. The van der Waals surface area contributed by atoms with Crippen molar-refractivity contribution in [3.05, 3.63) is 94.0 Å². The first-order valence-electron chi connectivity index (χ1n) is 12.3. The molecule has 5 nitrogen and oxygen atoms in total. The van der Waals surface area contributed by atoms with E-state index in [1.54, 1.807) is 29.2 Å². The zero-order valence-corrected chi connectivity index (χ0v) is 21.4. The summed E-state index contributed by atoms with van der Waals surface area (Å²) in [7, 11) is 0. The number of hydrogen-bond donors (Lipinski definition) is 1. The molecular weight excluding hydrogens is 515 g/mol. The number of nitriles is 1. The summed E-state index contributed by atoms with van der Waals surface area (Å²) in [5, 5.41) is 12.3. The summed E-state index contributed by atoms with van der Waals surface area (Å²) in [6.45, 7) is 0.548. The molecule has 0 aromatic heterocycles. The first-order valence-corrected chi connectivity index (χ1v) is 12.7. The molecule has 0 atom stereocenters. The molecule has 0 heterocycles. The minimum absolute atomic E-state index is 0.0105. The second kappa shape index (κ2) is 12.2. The fourth-order valence-electron chi connectivity index (χ4n) is 4.42. The molecule has 9 heteroatoms. The van der Waals surface area contributed by atoms with Crippen LogP contribution in [-0.4, -0.2) is 30.3 Å². The number of hydrogen-bond acceptors (Lipinski definition) is 4. The smallest absolute Gasteiger partial charge is 0.406 e. The summed E-state index contributed by atoms with van der Waals surface area (Å²) in [5.41, 5.74) is 3.61. The number of ether oxygens (including phenoxy) is 1. The first-order chi connectivity index (χ1) is 18.2. The molecule has 3 aromatic rings. The average Bonchev–Trinajstić information content (AvgIpc) is 2.84. The van der Waals surface area contributed by atoms with E-state index < -0.39 is 6.36 Å². The maximum atomic E-state index is 13.8. The summed E-state index contributed by atoms with van der Waals surface area (Å²) < 4.78 is 42.1. The minimum atomic E-state index is -4.79. The van der Waals surface area contributed by atoms with Crippen molar-refractivity contribution >= 4 is 23.2 Å². The van der Waals surface area contributed by atoms with Crippen LogP contribution in [0.2, 0.25) is 5.02 Å². The molecule has 1 N–H and O–H groups in total. The van der Waals surface area contributed by atoms with Crippen LogP contribution in [0.1, 0.15) is 52.2 Å². The van der Waals surface area contributed by atoms with Crippen LogP contribution in [-0.2, 0) is 13.0 Å². The third-order valence-corrected chi connectivity index (χ3v) is 6.82. The Morgan fingerprint density at radius 2 is 1.84 bits per heavy atom. The Hall–Kier alpha value is -3.70. The molecule has 1 amide bonds. The molecule has 0 radical (unpaired) electrons. The molecule has 3 aromatic carbocycles. The summed E-state index contributed by atoms with van der Waals surface area (Å²) in [4.78, 5) is 15.4. The monoisotopic (exact) mass is 541 g/mol. The van der Waals surface area contributed by atoms with E-state index in [1.807, 2.05) is 18.2 Å². The van der Waals surface area contributed by atoms with Crippen LogP contribution in [0.25, 0.3) is 0 Å². The predicted molar refractivity (Wildman–Crippen MR) is 140 cm³/mol. The number of anilines is 1. The normalized spacial score (nSPS) is 13.3. The molecule has 4 rings (SSSR count). The standard InChI is InChI=1S/C29H27ClF3N3O2/c30-24-11-12-27(35-15-14-34)26(18-24)28(37)36(19-21-7-9-23(10-8-21)22-4-2-5-22)16-13-20-3-1-6-25(17-20)38-29(31,32)33/h1,3,6-12,17-18,22,35H,2,4-5,13,15-16,19H2. The second-order valence-electron chi connectivity index (χ2n) is 9.24. The van der Waals surface area contributed by atoms with E-state index in [-0.39, 0.29) is 24.7 Å². The van der Waals surface area contributed by atoms with Gasteiger partial charge in [0.1, 0.15) is 12.3 Å². The van der Waals surface area contributed by atoms with Crippen LogP contribution in [0.15, 0.2) is 66.7 Å². The quantitative estimate of drug-likeness (QED) is 0.273. The molecule has 0 spiro atoms. The van der Waals surface area contributed by atoms with Crippen LogP contribution in [0, 0.1) is 11.3 Å². The molecule has 1 aliphatic carbocycles. The number of halogens is 4. The van der Waals surface area contributed by atoms with Crippen molar-refractivity contribution in [1.29, 1.82) is 5.26 Å². The van der Waals surface area contributed by atoms with Crippen molar-refractivity contribution in [1.82, 2.24) is 4.90 Å². The molecular formula is C29H27ClF3N3O2. The summed E-state index contributed by atoms with van der Waals surface area (Å²) in [6.07, 6.45) is -0.859. The number of nitrogens with zero attached hydrogens (tertiary/aromatic N) is 2. The van der Waals surface area contributed by atoms with E-state index in [0.717, 1.165) is 5.56 Å². The number of nitrogens with one attached hydrogen (secondary N) is 1. The van der Waals surface area contributed by atoms with Gasteiger partial charge in [0, 0.05) is 23.8 Å². The molecule has 1 aliphatic rings. The van der Waals surface area contributed by atoms with Gasteiger partial charge in [-0.1, -0.05) is 54.4 Å². The van der Waals surface area contributed by atoms with Crippen LogP contribution < -0.4 is 10.1 Å². The molecule has 1 saturated carbocycles. The van der Waals surface area contributed by atoms with E-state index in [9.17, 15) is 18.0 Å². The van der Waals surface area contributed by atoms with Gasteiger partial charge in [0.15, 0.2) is 0 Å². The molecule has 0 aliphatic heterocycles. The van der Waals surface area contributed by atoms with Crippen molar-refractivity contribution in [2.75, 3.05) is 18.4 Å². The van der Waals surface area contributed by atoms with Gasteiger partial charge in [0.05, 0.1) is 11.6 Å². The van der Waals surface area contributed by atoms with Gasteiger partial charge in [-0.3, -0.25) is 4.79 Å². The number of carbonyl (C=O) groups excluding carboxylic acids is 1. The van der Waals surface area contributed by atoms with Crippen molar-refractivity contribution in [3.8, 4) is 11.8 Å². The van der Waals surface area contributed by atoms with Crippen molar-refractivity contribution in [2.24, 2.45) is 0 Å². The van der Waals surface area contributed by atoms with Crippen molar-refractivity contribution < 1.29 is 22.7 Å². The van der Waals surface area contributed by atoms with Gasteiger partial charge in [0.25, 0.3) is 5.91 Å². The van der Waals surface area contributed by atoms with Crippen molar-refractivity contribution in [2.45, 2.75) is 44.5 Å². The van der Waals surface area contributed by atoms with Crippen LogP contribution in [0.4, 0.5) is 18.9 Å². The van der Waals surface area contributed by atoms with E-state index in [4.69, 9.17) is 16.9 Å². The fourth-order valence-corrected chi connectivity index (χ4v) is 4.60. The van der Waals surface area contributed by atoms with Gasteiger partial charge in [-0.2, -0.15) is 5.26 Å². The highest BCUT2D eigenvalue weighted by Gasteiger charge is 2.31. The van der Waals surface area contributed by atoms with Crippen LogP contribution in [0.3, 0.4) is 0 Å². The Morgan fingerprint density at radius 3 is 2.50 bits per heavy atom. The molecule has 0 bridgehead atoms. The number of benzene rings is 3. The second-order valence-corrected chi connectivity index (χ2v) is 9.68. The Kier molecular flexibility index (Phi) is 8.80. The molecule has 198 valence electrons. The van der Waals surface area contributed by atoms with Crippen LogP contribution >= 0.6 is 11.6 Å². The zero-order valence-electron chi connectivity index (χ0n) is 20.6. The Balaban J connectivity index is 1.57. The van der Waals surface area contributed by atoms with Gasteiger partial charge in [0.2, 0.25) is 0 Å². The van der Waals surface area contributed by atoms with E-state index in [0.29, 0.717) is 40.7 Å². The molecule has 38 heavy (non-hydrogen) atoms. The number of alkyl halides is 3. The first kappa shape index (κ1) is 27.3. The van der Waals surface area contributed by atoms with Gasteiger partial charge < -0.3 is 15.0 Å². The highest BCUT2D eigenvalue weighted by molar-refractivity contribution is 6.31. The van der Waals surface area contributed by atoms with E-state index in [1.165, 1.54) is 43.0 Å². The molecule has 1 fully saturated rings. The van der Waals surface area contributed by atoms with E-state index in [2.05, 4.69) is 22.2 Å². The lowest BCUT2D eigenvalue weighted by Crippen LogP contribution is -2.33. The highest BCUT2D eigenvalue weighted by Crippen LogP contribution is 2.36. The largest absolute Gasteiger partial charge is 0.573 e. The Labute approximate surface area is 224 Å². The fraction of sp³-hybridized carbons (Fsp3) is 0.310. The topological polar surface area (TPSA) is 65.4 Å². The Bertz CT molecular complexity index is 1300. The van der Waals surface area contributed by atoms with E-state index >= 15 is 0 Å². The highest BCUT2D eigenvalue weighted by atomic mass is 35.5. The maximum Gasteiger partial charge on any atom is 0.573 e. The average molecular weight is 542 g/mol. The lowest BCUT2D eigenvalue weighted by molar-refractivity contribution is -0.274. The number of rotatable bonds is 10. The van der Waals surface area contributed by atoms with Crippen LogP contribution in [0.5, 0.6) is 5.75 Å². The maximum absolute atomic E-state index is 13.8. The van der Waals surface area contributed by atoms with Gasteiger partial charge in [-0.25, -0.2) is 0 Å². The summed E-state index contributed by atoms with van der Waals surface area (Å²) in [5.74, 6) is -0.0239. The zero-order chi connectivity index (χ0) is 27.1. The minimum Gasteiger partial charge on any atom is -0.406 e. The van der Waals surface area contributed by atoms with Gasteiger partial charge in [-0.15, -0.1) is 13.2 Å².